The van der Waals surface area contributed by atoms with Gasteiger partial charge in [0.2, 0.25) is 0 Å². The van der Waals surface area contributed by atoms with Crippen molar-refractivity contribution >= 4 is 11.6 Å². The maximum absolute atomic E-state index is 13.2. The summed E-state index contributed by atoms with van der Waals surface area (Å²) >= 11 is 5.59. The average molecular weight is 240 g/mol. The fourth-order valence-electron chi connectivity index (χ4n) is 1.49. The smallest absolute Gasteiger partial charge is 0.142 e. The highest BCUT2D eigenvalue weighted by atomic mass is 35.5. The van der Waals surface area contributed by atoms with E-state index >= 15 is 0 Å². The highest BCUT2D eigenvalue weighted by Crippen LogP contribution is 2.20. The predicted octanol–water partition coefficient (Wildman–Crippen LogP) is 2.44. The first-order valence-corrected chi connectivity index (χ1v) is 5.23. The molecule has 1 aromatic heterocycles. The van der Waals surface area contributed by atoms with Crippen molar-refractivity contribution in [3.05, 3.63) is 52.8 Å². The van der Waals surface area contributed by atoms with Crippen LogP contribution < -0.4 is 5.73 Å². The quantitative estimate of drug-likeness (QED) is 0.865. The summed E-state index contributed by atoms with van der Waals surface area (Å²) in [7, 11) is 0. The van der Waals surface area contributed by atoms with E-state index in [1.54, 1.807) is 18.6 Å². The Morgan fingerprint density at radius 2 is 2.31 bits per heavy atom. The van der Waals surface area contributed by atoms with Gasteiger partial charge in [-0.3, -0.25) is 0 Å². The van der Waals surface area contributed by atoms with Crippen LogP contribution in [0.1, 0.15) is 17.3 Å². The zero-order valence-corrected chi connectivity index (χ0v) is 9.21. The summed E-state index contributed by atoms with van der Waals surface area (Å²) in [5.41, 5.74) is 7.50. The molecule has 3 nitrogen and oxygen atoms in total. The van der Waals surface area contributed by atoms with Crippen molar-refractivity contribution < 1.29 is 4.39 Å². The normalized spacial score (nSPS) is 12.7. The molecule has 1 heterocycles. The third kappa shape index (κ3) is 2.40. The molecule has 2 rings (SSSR count). The third-order valence-corrected chi connectivity index (χ3v) is 2.66. The number of hydrogen-bond acceptors (Lipinski definition) is 2. The Kier molecular flexibility index (Phi) is 3.22. The van der Waals surface area contributed by atoms with Crippen LogP contribution in [0.25, 0.3) is 0 Å². The fourth-order valence-corrected chi connectivity index (χ4v) is 1.61. The van der Waals surface area contributed by atoms with Crippen LogP contribution in [-0.4, -0.2) is 9.97 Å². The minimum absolute atomic E-state index is 0.107. The van der Waals surface area contributed by atoms with E-state index in [0.717, 1.165) is 5.69 Å². The lowest BCUT2D eigenvalue weighted by Crippen LogP contribution is -2.13. The van der Waals surface area contributed by atoms with Crippen molar-refractivity contribution in [2.75, 3.05) is 0 Å². The maximum atomic E-state index is 13.2. The molecule has 0 amide bonds. The van der Waals surface area contributed by atoms with Gasteiger partial charge in [0.1, 0.15) is 5.82 Å². The summed E-state index contributed by atoms with van der Waals surface area (Å²) in [5, 5.41) is 0.107. The minimum atomic E-state index is -0.448. The number of aromatic amines is 1. The van der Waals surface area contributed by atoms with Gasteiger partial charge in [-0.25, -0.2) is 9.37 Å². The van der Waals surface area contributed by atoms with Crippen molar-refractivity contribution in [3.8, 4) is 0 Å². The number of nitrogens with two attached hydrogens (primary N) is 1. The molecule has 0 aliphatic carbocycles. The summed E-state index contributed by atoms with van der Waals surface area (Å²) in [6.45, 7) is 0. The summed E-state index contributed by atoms with van der Waals surface area (Å²) in [4.78, 5) is 6.91. The lowest BCUT2D eigenvalue weighted by Gasteiger charge is -2.10. The van der Waals surface area contributed by atoms with E-state index in [0.29, 0.717) is 12.0 Å². The van der Waals surface area contributed by atoms with Crippen molar-refractivity contribution in [2.24, 2.45) is 5.73 Å². The Hall–Kier alpha value is -1.39. The van der Waals surface area contributed by atoms with Crippen molar-refractivity contribution in [1.29, 1.82) is 0 Å². The van der Waals surface area contributed by atoms with Crippen LogP contribution in [0.5, 0.6) is 0 Å². The minimum Gasteiger partial charge on any atom is -0.351 e. The van der Waals surface area contributed by atoms with Crippen molar-refractivity contribution in [3.63, 3.8) is 0 Å². The second-order valence-corrected chi connectivity index (χ2v) is 3.95. The van der Waals surface area contributed by atoms with Crippen LogP contribution in [0.2, 0.25) is 5.02 Å². The number of hydrogen-bond donors (Lipinski definition) is 2. The van der Waals surface area contributed by atoms with Gasteiger partial charge in [-0.05, 0) is 17.7 Å². The number of nitrogens with one attached hydrogen (secondary N) is 1. The molecular formula is C11H11ClFN3. The largest absolute Gasteiger partial charge is 0.351 e. The lowest BCUT2D eigenvalue weighted by atomic mass is 10.0. The van der Waals surface area contributed by atoms with Gasteiger partial charge in [-0.15, -0.1) is 0 Å². The van der Waals surface area contributed by atoms with Gasteiger partial charge in [0.05, 0.1) is 17.0 Å². The molecule has 84 valence electrons. The lowest BCUT2D eigenvalue weighted by molar-refractivity contribution is 0.618. The van der Waals surface area contributed by atoms with E-state index in [1.165, 1.54) is 12.1 Å². The summed E-state index contributed by atoms with van der Waals surface area (Å²) < 4.78 is 13.2. The van der Waals surface area contributed by atoms with Crippen molar-refractivity contribution in [2.45, 2.75) is 12.5 Å². The zero-order chi connectivity index (χ0) is 11.5. The van der Waals surface area contributed by atoms with Crippen LogP contribution in [0.15, 0.2) is 30.7 Å². The number of imidazole rings is 1. The molecule has 1 aromatic carbocycles. The molecule has 0 fully saturated rings. The average Bonchev–Trinajstić information content (AvgIpc) is 2.74. The Morgan fingerprint density at radius 3 is 2.94 bits per heavy atom. The summed E-state index contributed by atoms with van der Waals surface area (Å²) in [6, 6.07) is 4.31. The van der Waals surface area contributed by atoms with E-state index in [-0.39, 0.29) is 11.1 Å². The van der Waals surface area contributed by atoms with Crippen molar-refractivity contribution in [1.82, 2.24) is 9.97 Å². The Bertz CT molecular complexity index is 470. The van der Waals surface area contributed by atoms with Gasteiger partial charge in [0.25, 0.3) is 0 Å². The molecule has 5 heteroatoms. The summed E-state index contributed by atoms with van der Waals surface area (Å²) in [6.07, 6.45) is 3.92. The number of aromatic nitrogens is 2. The van der Waals surface area contributed by atoms with Gasteiger partial charge in [-0.2, -0.15) is 0 Å². The number of rotatable bonds is 3. The number of halogens is 2. The van der Waals surface area contributed by atoms with Crippen LogP contribution in [0.3, 0.4) is 0 Å². The summed E-state index contributed by atoms with van der Waals surface area (Å²) in [5.74, 6) is -0.448. The van der Waals surface area contributed by atoms with Gasteiger partial charge < -0.3 is 10.7 Å². The van der Waals surface area contributed by atoms with E-state index in [1.807, 2.05) is 0 Å². The molecule has 0 saturated carbocycles. The predicted molar refractivity (Wildman–Crippen MR) is 60.6 cm³/mol. The standard InChI is InChI=1S/C11H11ClFN3/c12-9-2-1-7(3-10(9)13)11(14)4-8-5-15-6-16-8/h1-3,5-6,11H,4,14H2,(H,15,16). The number of benzene rings is 1. The maximum Gasteiger partial charge on any atom is 0.142 e. The molecule has 0 aliphatic heterocycles. The Labute approximate surface area is 97.5 Å². The van der Waals surface area contributed by atoms with Gasteiger partial charge >= 0.3 is 0 Å². The molecule has 16 heavy (non-hydrogen) atoms. The highest BCUT2D eigenvalue weighted by Gasteiger charge is 2.10. The molecule has 0 radical (unpaired) electrons. The van der Waals surface area contributed by atoms with E-state index in [2.05, 4.69) is 9.97 Å². The molecule has 0 spiro atoms. The van der Waals surface area contributed by atoms with Crippen LogP contribution in [-0.2, 0) is 6.42 Å². The van der Waals surface area contributed by atoms with Crippen LogP contribution >= 0.6 is 11.6 Å². The molecule has 1 atom stereocenters. The second-order valence-electron chi connectivity index (χ2n) is 3.54. The molecule has 0 bridgehead atoms. The highest BCUT2D eigenvalue weighted by molar-refractivity contribution is 6.30. The molecule has 3 N–H and O–H groups in total. The second kappa shape index (κ2) is 4.63. The third-order valence-electron chi connectivity index (χ3n) is 2.36. The molecule has 0 saturated heterocycles. The molecular weight excluding hydrogens is 229 g/mol. The Balaban J connectivity index is 2.14. The van der Waals surface area contributed by atoms with Crippen LogP contribution in [0.4, 0.5) is 4.39 Å². The Morgan fingerprint density at radius 1 is 1.50 bits per heavy atom. The van der Waals surface area contributed by atoms with Gasteiger partial charge in [-0.1, -0.05) is 17.7 Å². The first-order valence-electron chi connectivity index (χ1n) is 4.85. The fraction of sp³-hybridized carbons (Fsp3) is 0.182. The first-order chi connectivity index (χ1) is 7.66. The van der Waals surface area contributed by atoms with E-state index in [4.69, 9.17) is 17.3 Å². The monoisotopic (exact) mass is 239 g/mol. The molecule has 1 unspecified atom stereocenters. The number of nitrogens with zero attached hydrogens (tertiary/aromatic N) is 1. The van der Waals surface area contributed by atoms with Gasteiger partial charge in [0, 0.05) is 18.7 Å². The van der Waals surface area contributed by atoms with Crippen LogP contribution in [0, 0.1) is 5.82 Å². The number of H-pyrrole nitrogens is 1. The molecule has 2 aromatic rings. The molecule has 0 aliphatic rings. The zero-order valence-electron chi connectivity index (χ0n) is 8.45. The SMILES string of the molecule is NC(Cc1c[nH]cn1)c1ccc(Cl)c(F)c1. The topological polar surface area (TPSA) is 54.7 Å². The van der Waals surface area contributed by atoms with Gasteiger partial charge in [0.15, 0.2) is 0 Å². The first kappa shape index (κ1) is 11.1. The van der Waals surface area contributed by atoms with E-state index < -0.39 is 5.82 Å². The van der Waals surface area contributed by atoms with E-state index in [9.17, 15) is 4.39 Å².